The fourth-order valence-electron chi connectivity index (χ4n) is 4.69. The minimum Gasteiger partial charge on any atom is -0.393 e. The summed E-state index contributed by atoms with van der Waals surface area (Å²) in [6, 6.07) is 16.4. The SMILES string of the molecule is NS(=O)(=O)OC[C@@H]1C[C@@H](n2ccc3c(NCc4cccc5ccccc45)ncnc32)C[C@@H]1O. The van der Waals surface area contributed by atoms with Crippen LogP contribution in [-0.4, -0.2) is 40.8 Å². The zero-order chi connectivity index (χ0) is 23.0. The lowest BCUT2D eigenvalue weighted by Crippen LogP contribution is -2.24. The minimum atomic E-state index is -4.04. The number of hydrogen-bond donors (Lipinski definition) is 3. The maximum absolute atomic E-state index is 11.1. The summed E-state index contributed by atoms with van der Waals surface area (Å²) in [6.07, 6.45) is 3.81. The molecule has 0 radical (unpaired) electrons. The van der Waals surface area contributed by atoms with E-state index in [2.05, 4.69) is 39.6 Å². The van der Waals surface area contributed by atoms with Crippen LogP contribution in [0.3, 0.4) is 0 Å². The molecule has 2 aromatic heterocycles. The van der Waals surface area contributed by atoms with Crippen LogP contribution in [0, 0.1) is 5.92 Å². The number of nitrogens with zero attached hydrogens (tertiary/aromatic N) is 3. The fourth-order valence-corrected chi connectivity index (χ4v) is 5.06. The van der Waals surface area contributed by atoms with Crippen molar-refractivity contribution in [3.8, 4) is 0 Å². The summed E-state index contributed by atoms with van der Waals surface area (Å²) in [4.78, 5) is 8.91. The molecule has 1 fully saturated rings. The fraction of sp³-hybridized carbons (Fsp3) is 0.304. The van der Waals surface area contributed by atoms with Crippen LogP contribution in [0.1, 0.15) is 24.4 Å². The zero-order valence-corrected chi connectivity index (χ0v) is 18.6. The second-order valence-corrected chi connectivity index (χ2v) is 9.63. The van der Waals surface area contributed by atoms with Gasteiger partial charge in [0.25, 0.3) is 0 Å². The van der Waals surface area contributed by atoms with E-state index in [1.54, 1.807) is 0 Å². The third-order valence-corrected chi connectivity index (χ3v) is 6.77. The van der Waals surface area contributed by atoms with E-state index in [0.717, 1.165) is 16.9 Å². The topological polar surface area (TPSA) is 132 Å². The molecule has 0 aliphatic heterocycles. The highest BCUT2D eigenvalue weighted by molar-refractivity contribution is 7.84. The highest BCUT2D eigenvalue weighted by atomic mass is 32.2. The van der Waals surface area contributed by atoms with E-state index >= 15 is 0 Å². The Labute approximate surface area is 191 Å². The van der Waals surface area contributed by atoms with Gasteiger partial charge in [0.15, 0.2) is 0 Å². The Balaban J connectivity index is 1.35. The van der Waals surface area contributed by atoms with Crippen LogP contribution >= 0.6 is 0 Å². The molecule has 4 aromatic rings. The van der Waals surface area contributed by atoms with E-state index in [9.17, 15) is 13.5 Å². The van der Waals surface area contributed by atoms with Crippen molar-refractivity contribution < 1.29 is 17.7 Å². The van der Waals surface area contributed by atoms with Gasteiger partial charge in [0, 0.05) is 24.7 Å². The van der Waals surface area contributed by atoms with Gasteiger partial charge in [0.1, 0.15) is 17.8 Å². The van der Waals surface area contributed by atoms with Crippen LogP contribution < -0.4 is 10.5 Å². The molecule has 0 bridgehead atoms. The number of anilines is 1. The summed E-state index contributed by atoms with van der Waals surface area (Å²) in [5.41, 5.74) is 1.94. The number of aliphatic hydroxyl groups excluding tert-OH is 1. The van der Waals surface area contributed by atoms with Crippen LogP contribution in [-0.2, 0) is 21.0 Å². The first kappa shape index (κ1) is 21.8. The molecular weight excluding hydrogens is 442 g/mol. The maximum atomic E-state index is 11.1. The first-order valence-electron chi connectivity index (χ1n) is 10.8. The average molecular weight is 468 g/mol. The van der Waals surface area contributed by atoms with Crippen molar-refractivity contribution in [1.82, 2.24) is 14.5 Å². The Morgan fingerprint density at radius 2 is 1.91 bits per heavy atom. The van der Waals surface area contributed by atoms with Gasteiger partial charge in [-0.05, 0) is 35.2 Å². The number of aliphatic hydroxyl groups is 1. The number of nitrogens with two attached hydrogens (primary N) is 1. The number of nitrogens with one attached hydrogen (secondary N) is 1. The summed E-state index contributed by atoms with van der Waals surface area (Å²) in [6.45, 7) is 0.482. The molecule has 1 aliphatic carbocycles. The molecular formula is C23H25N5O4S. The molecule has 172 valence electrons. The quantitative estimate of drug-likeness (QED) is 0.381. The predicted molar refractivity (Wildman–Crippen MR) is 126 cm³/mol. The molecule has 5 rings (SSSR count). The number of rotatable bonds is 7. The van der Waals surface area contributed by atoms with Crippen LogP contribution in [0.2, 0.25) is 0 Å². The minimum absolute atomic E-state index is 0.0348. The number of hydrogen-bond acceptors (Lipinski definition) is 7. The summed E-state index contributed by atoms with van der Waals surface area (Å²) in [7, 11) is -4.04. The summed E-state index contributed by atoms with van der Waals surface area (Å²) in [5, 5.41) is 22.0. The number of benzene rings is 2. The van der Waals surface area contributed by atoms with Gasteiger partial charge in [-0.3, -0.25) is 4.18 Å². The molecule has 3 atom stereocenters. The molecule has 0 spiro atoms. The second-order valence-electron chi connectivity index (χ2n) is 8.40. The van der Waals surface area contributed by atoms with Crippen molar-refractivity contribution in [2.75, 3.05) is 11.9 Å². The first-order chi connectivity index (χ1) is 15.9. The van der Waals surface area contributed by atoms with E-state index in [1.165, 1.54) is 22.7 Å². The van der Waals surface area contributed by atoms with Crippen LogP contribution in [0.25, 0.3) is 21.8 Å². The molecule has 1 aliphatic rings. The maximum Gasteiger partial charge on any atom is 0.333 e. The van der Waals surface area contributed by atoms with Crippen LogP contribution in [0.15, 0.2) is 61.1 Å². The van der Waals surface area contributed by atoms with E-state index in [4.69, 9.17) is 9.32 Å². The summed E-state index contributed by atoms with van der Waals surface area (Å²) >= 11 is 0. The van der Waals surface area contributed by atoms with E-state index in [0.29, 0.717) is 19.4 Å². The number of aromatic nitrogens is 3. The van der Waals surface area contributed by atoms with Crippen molar-refractivity contribution >= 4 is 37.9 Å². The lowest BCUT2D eigenvalue weighted by atomic mass is 10.0. The predicted octanol–water partition coefficient (Wildman–Crippen LogP) is 2.73. The number of fused-ring (bicyclic) bond motifs is 2. The third-order valence-electron chi connectivity index (χ3n) is 6.31. The molecule has 0 unspecified atom stereocenters. The van der Waals surface area contributed by atoms with Gasteiger partial charge in [-0.25, -0.2) is 15.1 Å². The Morgan fingerprint density at radius 1 is 1.09 bits per heavy atom. The van der Waals surface area contributed by atoms with Gasteiger partial charge >= 0.3 is 10.3 Å². The molecule has 0 amide bonds. The van der Waals surface area contributed by atoms with Crippen LogP contribution in [0.5, 0.6) is 0 Å². The van der Waals surface area contributed by atoms with Gasteiger partial charge in [-0.15, -0.1) is 0 Å². The molecule has 10 heteroatoms. The standard InChI is InChI=1S/C23H25N5O4S/c24-33(30,31)32-13-17-10-18(11-21(17)29)28-9-8-20-22(26-14-27-23(20)28)25-12-16-6-3-5-15-4-1-2-7-19(15)16/h1-9,14,17-18,21,29H,10-13H2,(H2,24,30,31)(H,25,26,27)/t17-,18+,21-/m0/s1. The molecule has 9 nitrogen and oxygen atoms in total. The van der Waals surface area contributed by atoms with Gasteiger partial charge in [0.2, 0.25) is 0 Å². The Bertz CT molecular complexity index is 1400. The Kier molecular flexibility index (Phi) is 5.75. The van der Waals surface area contributed by atoms with E-state index in [-0.39, 0.29) is 18.6 Å². The molecule has 1 saturated carbocycles. The van der Waals surface area contributed by atoms with Gasteiger partial charge in [-0.1, -0.05) is 42.5 Å². The zero-order valence-electron chi connectivity index (χ0n) is 17.8. The third kappa shape index (κ3) is 4.55. The van der Waals surface area contributed by atoms with Gasteiger partial charge in [0.05, 0.1) is 18.1 Å². The second kappa shape index (κ2) is 8.71. The Morgan fingerprint density at radius 3 is 2.76 bits per heavy atom. The summed E-state index contributed by atoms with van der Waals surface area (Å²) < 4.78 is 28.9. The molecule has 2 aromatic carbocycles. The average Bonchev–Trinajstić information content (AvgIpc) is 3.39. The largest absolute Gasteiger partial charge is 0.393 e. The molecule has 0 saturated heterocycles. The Hall–Kier alpha value is -3.05. The normalized spacial score (nSPS) is 21.1. The van der Waals surface area contributed by atoms with Gasteiger partial charge < -0.3 is 15.0 Å². The van der Waals surface area contributed by atoms with Crippen molar-refractivity contribution in [3.63, 3.8) is 0 Å². The first-order valence-corrected chi connectivity index (χ1v) is 12.2. The smallest absolute Gasteiger partial charge is 0.333 e. The van der Waals surface area contributed by atoms with Crippen LogP contribution in [0.4, 0.5) is 5.82 Å². The molecule has 2 heterocycles. The van der Waals surface area contributed by atoms with Crippen molar-refractivity contribution in [2.24, 2.45) is 11.1 Å². The summed E-state index contributed by atoms with van der Waals surface area (Å²) in [5.74, 6) is 0.413. The van der Waals surface area contributed by atoms with Crippen molar-refractivity contribution in [2.45, 2.75) is 31.5 Å². The van der Waals surface area contributed by atoms with Crippen molar-refractivity contribution in [1.29, 1.82) is 0 Å². The molecule has 33 heavy (non-hydrogen) atoms. The lowest BCUT2D eigenvalue weighted by molar-refractivity contribution is 0.100. The van der Waals surface area contributed by atoms with Gasteiger partial charge in [-0.2, -0.15) is 8.42 Å². The highest BCUT2D eigenvalue weighted by Crippen LogP contribution is 2.37. The van der Waals surface area contributed by atoms with E-state index < -0.39 is 16.4 Å². The van der Waals surface area contributed by atoms with Crippen molar-refractivity contribution in [3.05, 3.63) is 66.6 Å². The van der Waals surface area contributed by atoms with E-state index in [1.807, 2.05) is 35.0 Å². The highest BCUT2D eigenvalue weighted by Gasteiger charge is 2.35. The molecule has 4 N–H and O–H groups in total. The lowest BCUT2D eigenvalue weighted by Gasteiger charge is -2.14. The monoisotopic (exact) mass is 467 g/mol.